The first kappa shape index (κ1) is 37.3. The number of fused-ring (bicyclic) bond motifs is 1. The van der Waals surface area contributed by atoms with Crippen molar-refractivity contribution in [3.05, 3.63) is 96.4 Å². The maximum atomic E-state index is 13.9. The van der Waals surface area contributed by atoms with Gasteiger partial charge in [-0.15, -0.1) is 0 Å². The second-order valence-corrected chi connectivity index (χ2v) is 14.5. The molecule has 4 unspecified atom stereocenters. The summed E-state index contributed by atoms with van der Waals surface area (Å²) < 4.78 is 6.04. The van der Waals surface area contributed by atoms with Crippen LogP contribution < -0.4 is 20.7 Å². The molecule has 5 rings (SSSR count). The number of aliphatic hydroxyl groups excluding tert-OH is 1. The van der Waals surface area contributed by atoms with Crippen molar-refractivity contribution in [1.82, 2.24) is 35.8 Å². The molecule has 2 aromatic carbocycles. The predicted octanol–water partition coefficient (Wildman–Crippen LogP) is 3.69. The molecule has 0 aliphatic carbocycles. The molecule has 0 saturated carbocycles. The van der Waals surface area contributed by atoms with E-state index < -0.39 is 41.6 Å². The van der Waals surface area contributed by atoms with Gasteiger partial charge in [0, 0.05) is 42.8 Å². The van der Waals surface area contributed by atoms with E-state index in [1.54, 1.807) is 24.5 Å². The Morgan fingerprint density at radius 1 is 0.941 bits per heavy atom. The number of piperidine rings is 1. The third kappa shape index (κ3) is 10.5. The summed E-state index contributed by atoms with van der Waals surface area (Å²) in [4.78, 5) is 55.8. The summed E-state index contributed by atoms with van der Waals surface area (Å²) in [6, 6.07) is 20.3. The Kier molecular flexibility index (Phi) is 12.3. The monoisotopic (exact) mass is 695 g/mol. The van der Waals surface area contributed by atoms with Gasteiger partial charge in [0.15, 0.2) is 0 Å². The molecule has 12 heteroatoms. The highest BCUT2D eigenvalue weighted by Crippen LogP contribution is 2.23. The Hall–Kier alpha value is -4.94. The molecule has 1 saturated heterocycles. The van der Waals surface area contributed by atoms with Gasteiger partial charge < -0.3 is 25.8 Å². The number of nitrogens with one attached hydrogen (secondary N) is 3. The Labute approximate surface area is 299 Å². The quantitative estimate of drug-likeness (QED) is 0.164. The van der Waals surface area contributed by atoms with E-state index in [0.717, 1.165) is 10.9 Å². The van der Waals surface area contributed by atoms with Crippen LogP contribution in [0.2, 0.25) is 0 Å². The molecular weight excluding hydrogens is 646 g/mol. The average Bonchev–Trinajstić information content (AvgIpc) is 3.10. The number of β-amino-alcohol motifs (C(OH)–C–C–N with tert-alkyl or cyclic N) is 1. The molecule has 0 bridgehead atoms. The standard InChI is InChI=1S/C39H49N7O5/c1-25(2)34(44-35(48)30-17-16-27-14-9-10-15-29(27)42-30)37(50)43-31(22-26-12-7-6-8-13-26)33(47)24-46-21-18-28(51-38-40-19-11-20-41-38)23-32(46)36(49)45-39(3,4)5/h6-17,19-20,25,28,31-34,47H,18,21-24H2,1-5H3,(H,43,50)(H,44,48)(H,45,49)/t28?,31?,32?,33?,34-/m0/s1. The molecule has 12 nitrogen and oxygen atoms in total. The zero-order valence-electron chi connectivity index (χ0n) is 30.0. The summed E-state index contributed by atoms with van der Waals surface area (Å²) in [5.74, 6) is -1.32. The van der Waals surface area contributed by atoms with Crippen LogP contribution in [0.4, 0.5) is 0 Å². The highest BCUT2D eigenvalue weighted by atomic mass is 16.5. The van der Waals surface area contributed by atoms with Crippen molar-refractivity contribution in [2.45, 2.75) is 89.8 Å². The van der Waals surface area contributed by atoms with E-state index in [1.165, 1.54) is 0 Å². The molecule has 270 valence electrons. The summed E-state index contributed by atoms with van der Waals surface area (Å²) in [5.41, 5.74) is 1.34. The van der Waals surface area contributed by atoms with E-state index >= 15 is 0 Å². The van der Waals surface area contributed by atoms with E-state index in [2.05, 4.69) is 30.9 Å². The van der Waals surface area contributed by atoms with Crippen molar-refractivity contribution in [1.29, 1.82) is 0 Å². The Balaban J connectivity index is 1.33. The lowest BCUT2D eigenvalue weighted by Crippen LogP contribution is -2.60. The molecule has 0 radical (unpaired) electrons. The number of hydrogen-bond acceptors (Lipinski definition) is 9. The zero-order chi connectivity index (χ0) is 36.5. The molecule has 51 heavy (non-hydrogen) atoms. The van der Waals surface area contributed by atoms with Gasteiger partial charge in [-0.1, -0.05) is 68.4 Å². The van der Waals surface area contributed by atoms with Crippen LogP contribution in [0.15, 0.2) is 85.2 Å². The first-order valence-electron chi connectivity index (χ1n) is 17.5. The minimum absolute atomic E-state index is 0.119. The Morgan fingerprint density at radius 3 is 2.35 bits per heavy atom. The van der Waals surface area contributed by atoms with Crippen LogP contribution in [0.1, 0.15) is 63.5 Å². The van der Waals surface area contributed by atoms with E-state index in [-0.39, 0.29) is 36.2 Å². The topological polar surface area (TPSA) is 159 Å². The number of rotatable bonds is 13. The number of carbonyl (C=O) groups excluding carboxylic acids is 3. The van der Waals surface area contributed by atoms with Gasteiger partial charge in [0.1, 0.15) is 17.8 Å². The van der Waals surface area contributed by atoms with Gasteiger partial charge in [-0.3, -0.25) is 19.3 Å². The van der Waals surface area contributed by atoms with Crippen molar-refractivity contribution in [3.8, 4) is 6.01 Å². The Bertz CT molecular complexity index is 1770. The lowest BCUT2D eigenvalue weighted by molar-refractivity contribution is -0.132. The van der Waals surface area contributed by atoms with E-state index in [0.29, 0.717) is 31.3 Å². The van der Waals surface area contributed by atoms with Gasteiger partial charge in [0.25, 0.3) is 5.91 Å². The lowest BCUT2D eigenvalue weighted by atomic mass is 9.94. The number of para-hydroxylation sites is 1. The number of aliphatic hydroxyl groups is 1. The molecule has 1 aliphatic rings. The SMILES string of the molecule is CC(C)[C@H](NC(=O)c1ccc2ccccc2n1)C(=O)NC(Cc1ccccc1)C(O)CN1CCC(Oc2ncccn2)CC1C(=O)NC(C)(C)C. The van der Waals surface area contributed by atoms with Gasteiger partial charge in [-0.25, -0.2) is 15.0 Å². The molecule has 1 aliphatic heterocycles. The first-order valence-corrected chi connectivity index (χ1v) is 17.5. The smallest absolute Gasteiger partial charge is 0.316 e. The number of hydrogen-bond donors (Lipinski definition) is 4. The zero-order valence-corrected chi connectivity index (χ0v) is 30.0. The molecule has 5 atom stereocenters. The molecule has 3 heterocycles. The maximum Gasteiger partial charge on any atom is 0.316 e. The second kappa shape index (κ2) is 16.8. The number of likely N-dealkylation sites (tertiary alicyclic amines) is 1. The van der Waals surface area contributed by atoms with Crippen LogP contribution in [0, 0.1) is 5.92 Å². The summed E-state index contributed by atoms with van der Waals surface area (Å²) in [7, 11) is 0. The fourth-order valence-electron chi connectivity index (χ4n) is 6.26. The number of benzene rings is 2. The van der Waals surface area contributed by atoms with Gasteiger partial charge in [-0.05, 0) is 63.3 Å². The van der Waals surface area contributed by atoms with Crippen LogP contribution in [0.3, 0.4) is 0 Å². The molecule has 4 aromatic rings. The highest BCUT2D eigenvalue weighted by Gasteiger charge is 2.38. The number of pyridine rings is 1. The summed E-state index contributed by atoms with van der Waals surface area (Å²) in [6.07, 6.45) is 3.14. The van der Waals surface area contributed by atoms with Gasteiger partial charge in [0.05, 0.1) is 23.7 Å². The van der Waals surface area contributed by atoms with Crippen molar-refractivity contribution in [2.24, 2.45) is 5.92 Å². The third-order valence-corrected chi connectivity index (χ3v) is 8.86. The van der Waals surface area contributed by atoms with E-state index in [4.69, 9.17) is 4.74 Å². The van der Waals surface area contributed by atoms with E-state index in [1.807, 2.05) is 100 Å². The minimum Gasteiger partial charge on any atom is -0.460 e. The number of ether oxygens (including phenoxy) is 1. The number of aromatic nitrogens is 3. The number of carbonyl (C=O) groups is 3. The maximum absolute atomic E-state index is 13.9. The first-order chi connectivity index (χ1) is 24.4. The summed E-state index contributed by atoms with van der Waals surface area (Å²) >= 11 is 0. The third-order valence-electron chi connectivity index (χ3n) is 8.86. The molecular formula is C39H49N7O5. The summed E-state index contributed by atoms with van der Waals surface area (Å²) in [6.45, 7) is 10.1. The number of amides is 3. The van der Waals surface area contributed by atoms with E-state index in [9.17, 15) is 19.5 Å². The van der Waals surface area contributed by atoms with Crippen molar-refractivity contribution >= 4 is 28.6 Å². The van der Waals surface area contributed by atoms with Crippen LogP contribution in [0.25, 0.3) is 10.9 Å². The molecule has 0 spiro atoms. The summed E-state index contributed by atoms with van der Waals surface area (Å²) in [5, 5.41) is 21.8. The molecule has 2 aromatic heterocycles. The largest absolute Gasteiger partial charge is 0.460 e. The second-order valence-electron chi connectivity index (χ2n) is 14.5. The van der Waals surface area contributed by atoms with Crippen LogP contribution in [0.5, 0.6) is 6.01 Å². The van der Waals surface area contributed by atoms with Crippen molar-refractivity contribution in [2.75, 3.05) is 13.1 Å². The van der Waals surface area contributed by atoms with Crippen LogP contribution in [-0.4, -0.2) is 91.6 Å². The van der Waals surface area contributed by atoms with Crippen LogP contribution >= 0.6 is 0 Å². The minimum atomic E-state index is -1.06. The van der Waals surface area contributed by atoms with Crippen molar-refractivity contribution in [3.63, 3.8) is 0 Å². The lowest BCUT2D eigenvalue weighted by Gasteiger charge is -2.41. The molecule has 3 amide bonds. The highest BCUT2D eigenvalue weighted by molar-refractivity contribution is 5.98. The fourth-order valence-corrected chi connectivity index (χ4v) is 6.26. The van der Waals surface area contributed by atoms with Gasteiger partial charge >= 0.3 is 6.01 Å². The van der Waals surface area contributed by atoms with Crippen LogP contribution in [-0.2, 0) is 16.0 Å². The average molecular weight is 696 g/mol. The fraction of sp³-hybridized carbons (Fsp3) is 0.436. The molecule has 1 fully saturated rings. The normalized spacial score (nSPS) is 18.4. The van der Waals surface area contributed by atoms with Gasteiger partial charge in [0.2, 0.25) is 11.8 Å². The van der Waals surface area contributed by atoms with Gasteiger partial charge in [-0.2, -0.15) is 0 Å². The predicted molar refractivity (Wildman–Crippen MR) is 195 cm³/mol. The Morgan fingerprint density at radius 2 is 1.65 bits per heavy atom. The van der Waals surface area contributed by atoms with Crippen molar-refractivity contribution < 1.29 is 24.2 Å². The molecule has 4 N–H and O–H groups in total. The number of nitrogens with zero attached hydrogens (tertiary/aromatic N) is 4.